The minimum atomic E-state index is -0.350. The second-order valence-corrected chi connectivity index (χ2v) is 6.69. The van der Waals surface area contributed by atoms with Gasteiger partial charge in [-0.3, -0.25) is 9.59 Å². The zero-order chi connectivity index (χ0) is 22.1. The molecule has 1 amide bonds. The molecule has 31 heavy (non-hydrogen) atoms. The number of ether oxygens (including phenoxy) is 2. The lowest BCUT2D eigenvalue weighted by Crippen LogP contribution is -2.25. The van der Waals surface area contributed by atoms with Crippen molar-refractivity contribution < 1.29 is 18.7 Å². The third kappa shape index (κ3) is 6.48. The molecule has 1 aromatic heterocycles. The van der Waals surface area contributed by atoms with Gasteiger partial charge in [-0.2, -0.15) is 4.68 Å². The van der Waals surface area contributed by atoms with E-state index in [1.165, 1.54) is 28.9 Å². The molecular formula is C23H24FN3O4. The van der Waals surface area contributed by atoms with Crippen molar-refractivity contribution in [2.75, 3.05) is 19.8 Å². The smallest absolute Gasteiger partial charge is 0.271 e. The summed E-state index contributed by atoms with van der Waals surface area (Å²) < 4.78 is 25.3. The highest BCUT2D eigenvalue weighted by Crippen LogP contribution is 2.12. The summed E-state index contributed by atoms with van der Waals surface area (Å²) in [4.78, 5) is 24.4. The number of rotatable bonds is 10. The maximum atomic E-state index is 13.3. The van der Waals surface area contributed by atoms with Crippen molar-refractivity contribution in [2.45, 2.75) is 20.0 Å². The van der Waals surface area contributed by atoms with E-state index in [0.717, 1.165) is 6.42 Å². The van der Waals surface area contributed by atoms with Crippen LogP contribution in [0.4, 0.5) is 4.39 Å². The van der Waals surface area contributed by atoms with E-state index < -0.39 is 0 Å². The molecule has 0 aliphatic heterocycles. The summed E-state index contributed by atoms with van der Waals surface area (Å²) >= 11 is 0. The highest BCUT2D eigenvalue weighted by Gasteiger charge is 2.08. The molecule has 0 saturated carbocycles. The highest BCUT2D eigenvalue weighted by molar-refractivity contribution is 5.94. The van der Waals surface area contributed by atoms with E-state index in [0.29, 0.717) is 36.6 Å². The first-order valence-corrected chi connectivity index (χ1v) is 10.0. The quantitative estimate of drug-likeness (QED) is 0.505. The van der Waals surface area contributed by atoms with E-state index >= 15 is 0 Å². The summed E-state index contributed by atoms with van der Waals surface area (Å²) in [6, 6.07) is 15.4. The van der Waals surface area contributed by atoms with Crippen molar-refractivity contribution >= 4 is 5.91 Å². The summed E-state index contributed by atoms with van der Waals surface area (Å²) in [5.41, 5.74) is 1.28. The molecule has 1 heterocycles. The molecule has 0 radical (unpaired) electrons. The highest BCUT2D eigenvalue weighted by atomic mass is 19.1. The number of carbonyl (C=O) groups is 1. The Labute approximate surface area is 179 Å². The van der Waals surface area contributed by atoms with Crippen molar-refractivity contribution in [1.82, 2.24) is 15.1 Å². The average molecular weight is 425 g/mol. The molecule has 0 saturated heterocycles. The zero-order valence-electron chi connectivity index (χ0n) is 17.2. The second-order valence-electron chi connectivity index (χ2n) is 6.69. The molecule has 0 aliphatic rings. The molecule has 3 rings (SSSR count). The maximum absolute atomic E-state index is 13.3. The van der Waals surface area contributed by atoms with Gasteiger partial charge in [0.1, 0.15) is 12.4 Å². The van der Waals surface area contributed by atoms with E-state index in [2.05, 4.69) is 10.4 Å². The zero-order valence-corrected chi connectivity index (χ0v) is 17.2. The molecule has 0 bridgehead atoms. The van der Waals surface area contributed by atoms with Crippen molar-refractivity contribution in [2.24, 2.45) is 0 Å². The van der Waals surface area contributed by atoms with Crippen LogP contribution in [0.25, 0.3) is 5.69 Å². The van der Waals surface area contributed by atoms with E-state index in [-0.39, 0.29) is 29.8 Å². The van der Waals surface area contributed by atoms with Gasteiger partial charge in [0.05, 0.1) is 5.69 Å². The van der Waals surface area contributed by atoms with E-state index in [4.69, 9.17) is 9.47 Å². The molecule has 8 heteroatoms. The van der Waals surface area contributed by atoms with Crippen molar-refractivity contribution in [3.05, 3.63) is 88.0 Å². The Bertz CT molecular complexity index is 1070. The van der Waals surface area contributed by atoms with Crippen LogP contribution in [0.5, 0.6) is 5.88 Å². The predicted octanol–water partition coefficient (Wildman–Crippen LogP) is 3.11. The Kier molecular flexibility index (Phi) is 7.89. The number of nitrogens with zero attached hydrogens (tertiary/aromatic N) is 2. The lowest BCUT2D eigenvalue weighted by atomic mass is 10.2. The molecule has 162 valence electrons. The maximum Gasteiger partial charge on any atom is 0.271 e. The topological polar surface area (TPSA) is 82.4 Å². The van der Waals surface area contributed by atoms with Crippen molar-refractivity contribution in [1.29, 1.82) is 0 Å². The SMILES string of the molecule is CCOCCCNC(=O)c1ccc(-n2nc(OCc3cccc(F)c3)ccc2=O)cc1. The van der Waals surface area contributed by atoms with Crippen LogP contribution in [0, 0.1) is 5.82 Å². The van der Waals surface area contributed by atoms with Gasteiger partial charge in [0, 0.05) is 37.5 Å². The van der Waals surface area contributed by atoms with Gasteiger partial charge in [0.2, 0.25) is 5.88 Å². The Hall–Kier alpha value is -3.52. The van der Waals surface area contributed by atoms with Gasteiger partial charge in [-0.15, -0.1) is 5.10 Å². The van der Waals surface area contributed by atoms with Gasteiger partial charge in [-0.25, -0.2) is 4.39 Å². The summed E-state index contributed by atoms with van der Waals surface area (Å²) in [6.07, 6.45) is 0.736. The van der Waals surface area contributed by atoms with Gasteiger partial charge in [0.15, 0.2) is 0 Å². The molecular weight excluding hydrogens is 401 g/mol. The number of hydrogen-bond acceptors (Lipinski definition) is 5. The van der Waals surface area contributed by atoms with E-state index in [1.807, 2.05) is 6.92 Å². The second kappa shape index (κ2) is 11.0. The van der Waals surface area contributed by atoms with Gasteiger partial charge < -0.3 is 14.8 Å². The van der Waals surface area contributed by atoms with Crippen molar-refractivity contribution in [3.63, 3.8) is 0 Å². The molecule has 2 aromatic carbocycles. The first-order chi connectivity index (χ1) is 15.1. The number of nitrogens with one attached hydrogen (secondary N) is 1. The molecule has 1 N–H and O–H groups in total. The van der Waals surface area contributed by atoms with Gasteiger partial charge in [-0.05, 0) is 55.3 Å². The van der Waals surface area contributed by atoms with Gasteiger partial charge in [-0.1, -0.05) is 12.1 Å². The fourth-order valence-corrected chi connectivity index (χ4v) is 2.82. The third-order valence-corrected chi connectivity index (χ3v) is 4.38. The minimum absolute atomic E-state index is 0.116. The number of aromatic nitrogens is 2. The summed E-state index contributed by atoms with van der Waals surface area (Å²) in [7, 11) is 0. The normalized spacial score (nSPS) is 10.6. The first-order valence-electron chi connectivity index (χ1n) is 10.0. The summed E-state index contributed by atoms with van der Waals surface area (Å²) in [6.45, 7) is 3.81. The fraction of sp³-hybridized carbons (Fsp3) is 0.261. The number of benzene rings is 2. The predicted molar refractivity (Wildman–Crippen MR) is 114 cm³/mol. The standard InChI is InChI=1S/C23H24FN3O4/c1-2-30-14-4-13-25-23(29)18-7-9-20(10-8-18)27-22(28)12-11-21(26-27)31-16-17-5-3-6-19(24)15-17/h3,5-12,15H,2,4,13-14,16H2,1H3,(H,25,29). The molecule has 0 atom stereocenters. The van der Waals surface area contributed by atoms with Crippen LogP contribution >= 0.6 is 0 Å². The Balaban J connectivity index is 1.64. The molecule has 0 fully saturated rings. The molecule has 7 nitrogen and oxygen atoms in total. The van der Waals surface area contributed by atoms with Gasteiger partial charge in [0.25, 0.3) is 11.5 Å². The minimum Gasteiger partial charge on any atom is -0.472 e. The van der Waals surface area contributed by atoms with Crippen LogP contribution in [0.15, 0.2) is 65.5 Å². The largest absolute Gasteiger partial charge is 0.472 e. The Morgan fingerprint density at radius 1 is 1.13 bits per heavy atom. The number of amides is 1. The number of hydrogen-bond donors (Lipinski definition) is 1. The van der Waals surface area contributed by atoms with Crippen LogP contribution < -0.4 is 15.6 Å². The average Bonchev–Trinajstić information content (AvgIpc) is 2.78. The third-order valence-electron chi connectivity index (χ3n) is 4.38. The number of halogens is 1. The van der Waals surface area contributed by atoms with Gasteiger partial charge >= 0.3 is 0 Å². The summed E-state index contributed by atoms with van der Waals surface area (Å²) in [5.74, 6) is -0.326. The van der Waals surface area contributed by atoms with Crippen LogP contribution in [0.1, 0.15) is 29.3 Å². The molecule has 0 unspecified atom stereocenters. The van der Waals surface area contributed by atoms with E-state index in [1.54, 1.807) is 36.4 Å². The van der Waals surface area contributed by atoms with Crippen LogP contribution in [0.3, 0.4) is 0 Å². The van der Waals surface area contributed by atoms with Crippen LogP contribution in [-0.2, 0) is 11.3 Å². The number of carbonyl (C=O) groups excluding carboxylic acids is 1. The van der Waals surface area contributed by atoms with Crippen molar-refractivity contribution in [3.8, 4) is 11.6 Å². The van der Waals surface area contributed by atoms with Crippen LogP contribution in [0.2, 0.25) is 0 Å². The molecule has 0 spiro atoms. The summed E-state index contributed by atoms with van der Waals surface area (Å²) in [5, 5.41) is 7.03. The molecule has 0 aliphatic carbocycles. The Morgan fingerprint density at radius 3 is 2.68 bits per heavy atom. The monoisotopic (exact) mass is 425 g/mol. The Morgan fingerprint density at radius 2 is 1.94 bits per heavy atom. The lowest BCUT2D eigenvalue weighted by Gasteiger charge is -2.10. The van der Waals surface area contributed by atoms with Crippen LogP contribution in [-0.4, -0.2) is 35.4 Å². The van der Waals surface area contributed by atoms with E-state index in [9.17, 15) is 14.0 Å². The lowest BCUT2D eigenvalue weighted by molar-refractivity contribution is 0.0944. The molecule has 3 aromatic rings. The first kappa shape index (κ1) is 22.2. The fourth-order valence-electron chi connectivity index (χ4n) is 2.82.